The van der Waals surface area contributed by atoms with Crippen LogP contribution in [0.3, 0.4) is 0 Å². The van der Waals surface area contributed by atoms with Gasteiger partial charge in [0.25, 0.3) is 0 Å². The van der Waals surface area contributed by atoms with Gasteiger partial charge in [-0.15, -0.1) is 0 Å². The Balaban J connectivity index is 1.67. The van der Waals surface area contributed by atoms with Crippen molar-refractivity contribution in [1.29, 1.82) is 0 Å². The number of carbonyl (C=O) groups is 1. The number of phenolic OH excluding ortho intramolecular Hbond substituents is 1. The first-order valence-electron chi connectivity index (χ1n) is 6.33. The standard InChI is InChI=1S/C14H17NO3/c16-11-3-1-10(2-4-11)7-12(13(17)18)15-8-14(9-15)5-6-14/h1-4,12,16H,5-9H2,(H,17,18). The molecule has 1 saturated heterocycles. The molecule has 1 aliphatic heterocycles. The van der Waals surface area contributed by atoms with Crippen LogP contribution in [0.25, 0.3) is 0 Å². The van der Waals surface area contributed by atoms with Crippen LogP contribution in [-0.4, -0.2) is 40.2 Å². The SMILES string of the molecule is O=C(O)C(Cc1ccc(O)cc1)N1CC2(CC2)C1. The first kappa shape index (κ1) is 11.5. The van der Waals surface area contributed by atoms with Gasteiger partial charge in [-0.2, -0.15) is 0 Å². The van der Waals surface area contributed by atoms with Crippen molar-refractivity contribution in [2.24, 2.45) is 5.41 Å². The minimum absolute atomic E-state index is 0.214. The fourth-order valence-corrected chi connectivity index (χ4v) is 2.76. The van der Waals surface area contributed by atoms with Gasteiger partial charge in [0, 0.05) is 13.1 Å². The van der Waals surface area contributed by atoms with Crippen LogP contribution in [0, 0.1) is 5.41 Å². The molecule has 1 heterocycles. The van der Waals surface area contributed by atoms with E-state index in [0.29, 0.717) is 11.8 Å². The Hall–Kier alpha value is -1.55. The van der Waals surface area contributed by atoms with Crippen molar-refractivity contribution in [3.8, 4) is 5.75 Å². The van der Waals surface area contributed by atoms with Gasteiger partial charge < -0.3 is 10.2 Å². The fraction of sp³-hybridized carbons (Fsp3) is 0.500. The third-order valence-electron chi connectivity index (χ3n) is 4.13. The highest BCUT2D eigenvalue weighted by molar-refractivity contribution is 5.74. The van der Waals surface area contributed by atoms with Gasteiger partial charge in [0.1, 0.15) is 11.8 Å². The molecule has 0 amide bonds. The van der Waals surface area contributed by atoms with Crippen LogP contribution in [0.15, 0.2) is 24.3 Å². The summed E-state index contributed by atoms with van der Waals surface area (Å²) in [5, 5.41) is 18.5. The van der Waals surface area contributed by atoms with Crippen LogP contribution in [-0.2, 0) is 11.2 Å². The van der Waals surface area contributed by atoms with E-state index >= 15 is 0 Å². The highest BCUT2D eigenvalue weighted by atomic mass is 16.4. The Bertz CT molecular complexity index is 456. The Morgan fingerprint density at radius 3 is 2.39 bits per heavy atom. The summed E-state index contributed by atoms with van der Waals surface area (Å²) >= 11 is 0. The largest absolute Gasteiger partial charge is 0.508 e. The number of nitrogens with zero attached hydrogens (tertiary/aromatic N) is 1. The lowest BCUT2D eigenvalue weighted by Crippen LogP contribution is -2.56. The van der Waals surface area contributed by atoms with Crippen molar-refractivity contribution in [1.82, 2.24) is 4.90 Å². The van der Waals surface area contributed by atoms with Crippen molar-refractivity contribution in [3.63, 3.8) is 0 Å². The highest BCUT2D eigenvalue weighted by Crippen LogP contribution is 2.53. The van der Waals surface area contributed by atoms with Gasteiger partial charge >= 0.3 is 5.97 Å². The molecule has 2 fully saturated rings. The molecule has 1 aromatic carbocycles. The molecule has 2 N–H and O–H groups in total. The summed E-state index contributed by atoms with van der Waals surface area (Å²) in [5.74, 6) is -0.537. The number of rotatable bonds is 4. The molecule has 0 radical (unpaired) electrons. The molecule has 3 rings (SSSR count). The number of aliphatic carboxylic acids is 1. The van der Waals surface area contributed by atoms with E-state index in [2.05, 4.69) is 4.90 Å². The molecule has 4 heteroatoms. The van der Waals surface area contributed by atoms with Gasteiger partial charge in [0.15, 0.2) is 0 Å². The summed E-state index contributed by atoms with van der Waals surface area (Å²) in [6, 6.07) is 6.36. The first-order chi connectivity index (χ1) is 8.58. The molecule has 1 spiro atoms. The maximum absolute atomic E-state index is 11.3. The van der Waals surface area contributed by atoms with Gasteiger partial charge in [-0.05, 0) is 42.4 Å². The molecule has 1 aromatic rings. The van der Waals surface area contributed by atoms with Gasteiger partial charge in [-0.25, -0.2) is 0 Å². The predicted octanol–water partition coefficient (Wildman–Crippen LogP) is 1.48. The van der Waals surface area contributed by atoms with E-state index in [9.17, 15) is 15.0 Å². The quantitative estimate of drug-likeness (QED) is 0.846. The number of phenols is 1. The lowest BCUT2D eigenvalue weighted by Gasteiger charge is -2.43. The summed E-state index contributed by atoms with van der Waals surface area (Å²) in [4.78, 5) is 13.4. The molecular formula is C14H17NO3. The molecule has 0 aromatic heterocycles. The third-order valence-corrected chi connectivity index (χ3v) is 4.13. The minimum atomic E-state index is -0.751. The number of aromatic hydroxyl groups is 1. The Morgan fingerprint density at radius 2 is 1.89 bits per heavy atom. The average Bonchev–Trinajstić information content (AvgIpc) is 3.06. The Morgan fingerprint density at radius 1 is 1.28 bits per heavy atom. The third kappa shape index (κ3) is 2.08. The van der Waals surface area contributed by atoms with Crippen molar-refractivity contribution in [2.75, 3.05) is 13.1 Å². The maximum Gasteiger partial charge on any atom is 0.321 e. The van der Waals surface area contributed by atoms with Crippen LogP contribution in [0.2, 0.25) is 0 Å². The normalized spacial score (nSPS) is 22.4. The van der Waals surface area contributed by atoms with E-state index in [-0.39, 0.29) is 5.75 Å². The number of carboxylic acid groups (broad SMARTS) is 1. The zero-order valence-electron chi connectivity index (χ0n) is 10.2. The van der Waals surface area contributed by atoms with Crippen molar-refractivity contribution < 1.29 is 15.0 Å². The van der Waals surface area contributed by atoms with E-state index in [1.165, 1.54) is 12.8 Å². The van der Waals surface area contributed by atoms with Crippen molar-refractivity contribution in [2.45, 2.75) is 25.3 Å². The van der Waals surface area contributed by atoms with E-state index < -0.39 is 12.0 Å². The predicted molar refractivity (Wildman–Crippen MR) is 66.5 cm³/mol. The van der Waals surface area contributed by atoms with Crippen LogP contribution >= 0.6 is 0 Å². The Kier molecular flexibility index (Phi) is 2.55. The number of hydrogen-bond donors (Lipinski definition) is 2. The van der Waals surface area contributed by atoms with Crippen LogP contribution in [0.4, 0.5) is 0 Å². The Labute approximate surface area is 106 Å². The molecule has 1 atom stereocenters. The zero-order chi connectivity index (χ0) is 12.8. The van der Waals surface area contributed by atoms with Gasteiger partial charge in [-0.1, -0.05) is 12.1 Å². The molecule has 2 aliphatic rings. The molecule has 96 valence electrons. The summed E-state index contributed by atoms with van der Waals surface area (Å²) in [5.41, 5.74) is 1.43. The van der Waals surface area contributed by atoms with Gasteiger partial charge in [0.2, 0.25) is 0 Å². The minimum Gasteiger partial charge on any atom is -0.508 e. The average molecular weight is 247 g/mol. The second kappa shape index (κ2) is 3.99. The first-order valence-corrected chi connectivity index (χ1v) is 6.33. The molecule has 1 unspecified atom stereocenters. The summed E-state index contributed by atoms with van der Waals surface area (Å²) < 4.78 is 0. The number of benzene rings is 1. The number of hydrogen-bond acceptors (Lipinski definition) is 3. The monoisotopic (exact) mass is 247 g/mol. The topological polar surface area (TPSA) is 60.8 Å². The maximum atomic E-state index is 11.3. The van der Waals surface area contributed by atoms with Crippen molar-refractivity contribution >= 4 is 5.97 Å². The molecule has 0 bridgehead atoms. The molecule has 4 nitrogen and oxygen atoms in total. The molecule has 1 saturated carbocycles. The summed E-state index contributed by atoms with van der Waals surface area (Å²) in [6.07, 6.45) is 3.02. The second-order valence-electron chi connectivity index (χ2n) is 5.63. The zero-order valence-corrected chi connectivity index (χ0v) is 10.2. The fourth-order valence-electron chi connectivity index (χ4n) is 2.76. The van der Waals surface area contributed by atoms with E-state index in [1.807, 2.05) is 0 Å². The lowest BCUT2D eigenvalue weighted by molar-refractivity contribution is -0.146. The molecule has 1 aliphatic carbocycles. The van der Waals surface area contributed by atoms with Gasteiger partial charge in [0.05, 0.1) is 0 Å². The highest BCUT2D eigenvalue weighted by Gasteiger charge is 2.54. The number of carboxylic acids is 1. The van der Waals surface area contributed by atoms with E-state index in [1.54, 1.807) is 24.3 Å². The van der Waals surface area contributed by atoms with Gasteiger partial charge in [-0.3, -0.25) is 9.69 Å². The van der Waals surface area contributed by atoms with E-state index in [4.69, 9.17) is 0 Å². The molecular weight excluding hydrogens is 230 g/mol. The summed E-state index contributed by atoms with van der Waals surface area (Å²) in [7, 11) is 0. The van der Waals surface area contributed by atoms with Crippen LogP contribution < -0.4 is 0 Å². The van der Waals surface area contributed by atoms with E-state index in [0.717, 1.165) is 18.7 Å². The molecule has 18 heavy (non-hydrogen) atoms. The van der Waals surface area contributed by atoms with Crippen LogP contribution in [0.5, 0.6) is 5.75 Å². The number of likely N-dealkylation sites (tertiary alicyclic amines) is 1. The smallest absolute Gasteiger partial charge is 0.321 e. The van der Waals surface area contributed by atoms with Crippen LogP contribution in [0.1, 0.15) is 18.4 Å². The lowest BCUT2D eigenvalue weighted by atomic mass is 9.92. The summed E-state index contributed by atoms with van der Waals surface area (Å²) in [6.45, 7) is 1.87. The second-order valence-corrected chi connectivity index (χ2v) is 5.63. The van der Waals surface area contributed by atoms with Crippen molar-refractivity contribution in [3.05, 3.63) is 29.8 Å².